The van der Waals surface area contributed by atoms with E-state index in [-0.39, 0.29) is 30.1 Å². The molecule has 1 fully saturated rings. The molecule has 23 heavy (non-hydrogen) atoms. The third-order valence-electron chi connectivity index (χ3n) is 3.54. The summed E-state index contributed by atoms with van der Waals surface area (Å²) in [6.07, 6.45) is 2.89. The first-order chi connectivity index (χ1) is 10.8. The Labute approximate surface area is 156 Å². The highest BCUT2D eigenvalue weighted by molar-refractivity contribution is 14.0. The molecule has 1 aromatic rings. The lowest BCUT2D eigenvalue weighted by Crippen LogP contribution is -2.43. The van der Waals surface area contributed by atoms with E-state index in [0.29, 0.717) is 6.54 Å². The predicted molar refractivity (Wildman–Crippen MR) is 105 cm³/mol. The number of morpholine rings is 1. The van der Waals surface area contributed by atoms with Gasteiger partial charge in [-0.05, 0) is 26.1 Å². The number of aliphatic imine (C=N–C) groups is 1. The third kappa shape index (κ3) is 7.94. The molecule has 1 aliphatic heterocycles. The molecular formula is C16H28IN5O. The van der Waals surface area contributed by atoms with Crippen LogP contribution in [0.25, 0.3) is 0 Å². The number of pyridine rings is 1. The highest BCUT2D eigenvalue weighted by Gasteiger charge is 2.17. The second-order valence-electron chi connectivity index (χ2n) is 5.47. The second kappa shape index (κ2) is 11.6. The summed E-state index contributed by atoms with van der Waals surface area (Å²) in [6, 6.07) is 5.99. The van der Waals surface area contributed by atoms with Crippen molar-refractivity contribution >= 4 is 29.9 Å². The van der Waals surface area contributed by atoms with Crippen molar-refractivity contribution in [3.63, 3.8) is 0 Å². The smallest absolute Gasteiger partial charge is 0.191 e. The summed E-state index contributed by atoms with van der Waals surface area (Å²) < 4.78 is 5.74. The van der Waals surface area contributed by atoms with E-state index < -0.39 is 0 Å². The van der Waals surface area contributed by atoms with Gasteiger partial charge in [0.15, 0.2) is 5.96 Å². The first-order valence-corrected chi connectivity index (χ1v) is 8.00. The molecule has 2 heterocycles. The molecule has 6 nitrogen and oxygen atoms in total. The molecule has 0 aromatic carbocycles. The Balaban J connectivity index is 0.00000264. The quantitative estimate of drug-likeness (QED) is 0.400. The zero-order valence-corrected chi connectivity index (χ0v) is 16.3. The third-order valence-corrected chi connectivity index (χ3v) is 3.54. The van der Waals surface area contributed by atoms with E-state index >= 15 is 0 Å². The van der Waals surface area contributed by atoms with Crippen LogP contribution in [0.4, 0.5) is 0 Å². The molecular weight excluding hydrogens is 405 g/mol. The fraction of sp³-hybridized carbons (Fsp3) is 0.625. The van der Waals surface area contributed by atoms with Crippen molar-refractivity contribution in [2.24, 2.45) is 4.99 Å². The summed E-state index contributed by atoms with van der Waals surface area (Å²) in [4.78, 5) is 11.2. The van der Waals surface area contributed by atoms with Crippen LogP contribution in [0, 0.1) is 0 Å². The average molecular weight is 433 g/mol. The standard InChI is InChI=1S/C16H27N5O.HI/c1-3-17-16(19-9-7-14-6-4-5-8-18-14)20-12-15-13-21(2)10-11-22-15;/h4-6,8,15H,3,7,9-13H2,1-2H3,(H2,17,19,20);1H. The molecule has 0 bridgehead atoms. The van der Waals surface area contributed by atoms with Crippen LogP contribution in [0.15, 0.2) is 29.4 Å². The van der Waals surface area contributed by atoms with Gasteiger partial charge in [0.1, 0.15) is 0 Å². The van der Waals surface area contributed by atoms with Gasteiger partial charge in [0.05, 0.1) is 19.3 Å². The van der Waals surface area contributed by atoms with Crippen molar-refractivity contribution in [3.8, 4) is 0 Å². The van der Waals surface area contributed by atoms with Gasteiger partial charge in [-0.1, -0.05) is 6.07 Å². The summed E-state index contributed by atoms with van der Waals surface area (Å²) in [6.45, 7) is 7.15. The molecule has 2 N–H and O–H groups in total. The van der Waals surface area contributed by atoms with E-state index in [1.807, 2.05) is 24.4 Å². The molecule has 0 radical (unpaired) electrons. The summed E-state index contributed by atoms with van der Waals surface area (Å²) in [5, 5.41) is 6.62. The molecule has 1 atom stereocenters. The van der Waals surface area contributed by atoms with Crippen molar-refractivity contribution in [1.82, 2.24) is 20.5 Å². The predicted octanol–water partition coefficient (Wildman–Crippen LogP) is 1.13. The van der Waals surface area contributed by atoms with Gasteiger partial charge < -0.3 is 20.3 Å². The number of nitrogens with zero attached hydrogens (tertiary/aromatic N) is 3. The summed E-state index contributed by atoms with van der Waals surface area (Å²) in [5.41, 5.74) is 1.09. The van der Waals surface area contributed by atoms with Gasteiger partial charge in [0, 0.05) is 44.5 Å². The number of likely N-dealkylation sites (N-methyl/N-ethyl adjacent to an activating group) is 1. The first-order valence-electron chi connectivity index (χ1n) is 8.00. The van der Waals surface area contributed by atoms with E-state index in [0.717, 1.165) is 50.9 Å². The molecule has 0 amide bonds. The maximum Gasteiger partial charge on any atom is 0.191 e. The van der Waals surface area contributed by atoms with Gasteiger partial charge >= 0.3 is 0 Å². The van der Waals surface area contributed by atoms with Crippen LogP contribution in [0.1, 0.15) is 12.6 Å². The van der Waals surface area contributed by atoms with Crippen LogP contribution in [0.5, 0.6) is 0 Å². The molecule has 1 aromatic heterocycles. The second-order valence-corrected chi connectivity index (χ2v) is 5.47. The molecule has 1 unspecified atom stereocenters. The fourth-order valence-electron chi connectivity index (χ4n) is 2.37. The molecule has 0 spiro atoms. The number of nitrogens with one attached hydrogen (secondary N) is 2. The normalized spacial score (nSPS) is 19.0. The topological polar surface area (TPSA) is 61.8 Å². The maximum atomic E-state index is 5.74. The Morgan fingerprint density at radius 1 is 1.43 bits per heavy atom. The largest absolute Gasteiger partial charge is 0.374 e. The molecule has 0 aliphatic carbocycles. The number of aromatic nitrogens is 1. The average Bonchev–Trinajstić information content (AvgIpc) is 2.54. The maximum absolute atomic E-state index is 5.74. The molecule has 2 rings (SSSR count). The molecule has 130 valence electrons. The lowest BCUT2D eigenvalue weighted by Gasteiger charge is -2.29. The van der Waals surface area contributed by atoms with Crippen molar-refractivity contribution < 1.29 is 4.74 Å². The van der Waals surface area contributed by atoms with Gasteiger partial charge in [-0.25, -0.2) is 0 Å². The molecule has 7 heteroatoms. The fourth-order valence-corrected chi connectivity index (χ4v) is 2.37. The van der Waals surface area contributed by atoms with Crippen LogP contribution < -0.4 is 10.6 Å². The van der Waals surface area contributed by atoms with Crippen molar-refractivity contribution in [3.05, 3.63) is 30.1 Å². The number of guanidine groups is 1. The van der Waals surface area contributed by atoms with Gasteiger partial charge in [-0.2, -0.15) is 0 Å². The van der Waals surface area contributed by atoms with Gasteiger partial charge in [-0.3, -0.25) is 9.98 Å². The summed E-state index contributed by atoms with van der Waals surface area (Å²) in [5.74, 6) is 0.843. The van der Waals surface area contributed by atoms with Gasteiger partial charge in [-0.15, -0.1) is 24.0 Å². The van der Waals surface area contributed by atoms with Crippen LogP contribution in [0.2, 0.25) is 0 Å². The zero-order valence-electron chi connectivity index (χ0n) is 14.0. The molecule has 1 aliphatic rings. The Kier molecular flexibility index (Phi) is 10.1. The number of rotatable bonds is 6. The molecule has 1 saturated heterocycles. The number of hydrogen-bond acceptors (Lipinski definition) is 4. The Morgan fingerprint density at radius 3 is 3.00 bits per heavy atom. The number of ether oxygens (including phenoxy) is 1. The van der Waals surface area contributed by atoms with Crippen molar-refractivity contribution in [2.75, 3.05) is 46.4 Å². The van der Waals surface area contributed by atoms with Crippen molar-refractivity contribution in [1.29, 1.82) is 0 Å². The Hall–Kier alpha value is -0.930. The van der Waals surface area contributed by atoms with E-state index in [2.05, 4.69) is 39.5 Å². The lowest BCUT2D eigenvalue weighted by atomic mass is 10.3. The highest BCUT2D eigenvalue weighted by Crippen LogP contribution is 2.03. The summed E-state index contributed by atoms with van der Waals surface area (Å²) >= 11 is 0. The van der Waals surface area contributed by atoms with Crippen molar-refractivity contribution in [2.45, 2.75) is 19.4 Å². The first kappa shape index (κ1) is 20.1. The monoisotopic (exact) mass is 433 g/mol. The van der Waals surface area contributed by atoms with E-state index in [1.165, 1.54) is 0 Å². The van der Waals surface area contributed by atoms with Gasteiger partial charge in [0.2, 0.25) is 0 Å². The highest BCUT2D eigenvalue weighted by atomic mass is 127. The summed E-state index contributed by atoms with van der Waals surface area (Å²) in [7, 11) is 2.12. The number of halogens is 1. The van der Waals surface area contributed by atoms with Crippen LogP contribution in [0.3, 0.4) is 0 Å². The molecule has 0 saturated carbocycles. The van der Waals surface area contributed by atoms with Crippen LogP contribution >= 0.6 is 24.0 Å². The van der Waals surface area contributed by atoms with E-state index in [9.17, 15) is 0 Å². The minimum Gasteiger partial charge on any atom is -0.374 e. The van der Waals surface area contributed by atoms with E-state index in [4.69, 9.17) is 4.74 Å². The van der Waals surface area contributed by atoms with E-state index in [1.54, 1.807) is 0 Å². The van der Waals surface area contributed by atoms with Crippen LogP contribution in [-0.4, -0.2) is 68.3 Å². The number of hydrogen-bond donors (Lipinski definition) is 2. The Bertz CT molecular complexity index is 457. The Morgan fingerprint density at radius 2 is 2.30 bits per heavy atom. The zero-order chi connectivity index (χ0) is 15.6. The van der Waals surface area contributed by atoms with Crippen LogP contribution in [-0.2, 0) is 11.2 Å². The SMILES string of the molecule is CCNC(=NCC1CN(C)CCO1)NCCc1ccccn1.I. The minimum absolute atomic E-state index is 0. The van der Waals surface area contributed by atoms with Gasteiger partial charge in [0.25, 0.3) is 0 Å². The lowest BCUT2D eigenvalue weighted by molar-refractivity contribution is -0.0136. The minimum atomic E-state index is 0.